The molecular weight excluding hydrogens is 426 g/mol. The number of hydrogen-bond acceptors (Lipinski definition) is 6. The lowest BCUT2D eigenvalue weighted by Crippen LogP contribution is -2.14. The maximum atomic E-state index is 13.7. The quantitative estimate of drug-likeness (QED) is 0.429. The van der Waals surface area contributed by atoms with Crippen LogP contribution in [0.3, 0.4) is 0 Å². The zero-order chi connectivity index (χ0) is 22.0. The van der Waals surface area contributed by atoms with Crippen LogP contribution >= 0.6 is 0 Å². The minimum Gasteiger partial charge on any atom is -0.339 e. The van der Waals surface area contributed by atoms with Crippen molar-refractivity contribution in [1.29, 1.82) is 0 Å². The molecule has 0 saturated carbocycles. The molecule has 0 fully saturated rings. The molecule has 0 saturated heterocycles. The molecule has 0 unspecified atom stereocenters. The maximum absolute atomic E-state index is 13.7. The standard InChI is InChI=1S/C21H18F2N4O3S/c1-14-7-8-15(12-18(14)23)20-25-19(30-26-20)6-3-11-31(28,29)21-24-9-10-27(21)17-5-2-4-16(22)13-17/h2,4-5,7-10,12-13H,3,6,11H2,1H3. The van der Waals surface area contributed by atoms with Crippen LogP contribution in [0.5, 0.6) is 0 Å². The molecule has 0 amide bonds. The SMILES string of the molecule is Cc1ccc(-c2noc(CCCS(=O)(=O)c3nccn3-c3cccc(F)c3)n2)cc1F. The molecule has 2 heterocycles. The van der Waals surface area contributed by atoms with Gasteiger partial charge in [-0.3, -0.25) is 4.57 Å². The Labute approximate surface area is 177 Å². The monoisotopic (exact) mass is 444 g/mol. The minimum absolute atomic E-state index is 0.167. The Bertz CT molecular complexity index is 1330. The lowest BCUT2D eigenvalue weighted by molar-refractivity contribution is 0.378. The molecule has 0 N–H and O–H groups in total. The molecule has 0 atom stereocenters. The van der Waals surface area contributed by atoms with Gasteiger partial charge in [-0.15, -0.1) is 0 Å². The fourth-order valence-electron chi connectivity index (χ4n) is 3.05. The molecule has 0 aliphatic carbocycles. The molecule has 0 spiro atoms. The van der Waals surface area contributed by atoms with Crippen molar-refractivity contribution in [3.05, 3.63) is 77.9 Å². The Kier molecular flexibility index (Phi) is 5.64. The Morgan fingerprint density at radius 1 is 1.13 bits per heavy atom. The summed E-state index contributed by atoms with van der Waals surface area (Å²) in [5, 5.41) is 3.66. The van der Waals surface area contributed by atoms with Gasteiger partial charge in [0.05, 0.1) is 11.4 Å². The van der Waals surface area contributed by atoms with Crippen LogP contribution in [0.2, 0.25) is 0 Å². The van der Waals surface area contributed by atoms with E-state index >= 15 is 0 Å². The summed E-state index contributed by atoms with van der Waals surface area (Å²) in [4.78, 5) is 8.15. The van der Waals surface area contributed by atoms with Crippen molar-refractivity contribution in [2.75, 3.05) is 5.75 Å². The van der Waals surface area contributed by atoms with Crippen molar-refractivity contribution < 1.29 is 21.7 Å². The van der Waals surface area contributed by atoms with Gasteiger partial charge in [0.2, 0.25) is 26.7 Å². The summed E-state index contributed by atoms with van der Waals surface area (Å²) in [6.07, 6.45) is 3.25. The van der Waals surface area contributed by atoms with Crippen LogP contribution in [0.4, 0.5) is 8.78 Å². The number of aryl methyl sites for hydroxylation is 2. The predicted molar refractivity (Wildman–Crippen MR) is 108 cm³/mol. The lowest BCUT2D eigenvalue weighted by atomic mass is 10.1. The number of rotatable bonds is 7. The van der Waals surface area contributed by atoms with Crippen LogP contribution < -0.4 is 0 Å². The molecule has 0 radical (unpaired) electrons. The fourth-order valence-corrected chi connectivity index (χ4v) is 4.45. The molecule has 2 aromatic heterocycles. The van der Waals surface area contributed by atoms with E-state index in [0.717, 1.165) is 0 Å². The highest BCUT2D eigenvalue weighted by atomic mass is 32.2. The van der Waals surface area contributed by atoms with E-state index in [-0.39, 0.29) is 41.3 Å². The first-order valence-electron chi connectivity index (χ1n) is 9.45. The van der Waals surface area contributed by atoms with Crippen molar-refractivity contribution in [2.24, 2.45) is 0 Å². The van der Waals surface area contributed by atoms with E-state index in [4.69, 9.17) is 4.52 Å². The number of halogens is 2. The van der Waals surface area contributed by atoms with Crippen LogP contribution in [0.25, 0.3) is 17.1 Å². The molecule has 10 heteroatoms. The van der Waals surface area contributed by atoms with Crippen LogP contribution in [-0.4, -0.2) is 33.9 Å². The summed E-state index contributed by atoms with van der Waals surface area (Å²) in [5.41, 5.74) is 1.35. The Hall–Kier alpha value is -3.40. The number of nitrogens with zero attached hydrogens (tertiary/aromatic N) is 4. The van der Waals surface area contributed by atoms with Crippen LogP contribution in [0, 0.1) is 18.6 Å². The lowest BCUT2D eigenvalue weighted by Gasteiger charge is -2.08. The smallest absolute Gasteiger partial charge is 0.232 e. The largest absolute Gasteiger partial charge is 0.339 e. The molecule has 4 rings (SSSR count). The van der Waals surface area contributed by atoms with E-state index in [1.54, 1.807) is 25.1 Å². The van der Waals surface area contributed by atoms with Gasteiger partial charge in [0.25, 0.3) is 0 Å². The molecule has 0 aliphatic rings. The summed E-state index contributed by atoms with van der Waals surface area (Å²) in [6.45, 7) is 1.65. The van der Waals surface area contributed by atoms with Gasteiger partial charge in [-0.25, -0.2) is 22.2 Å². The van der Waals surface area contributed by atoms with Crippen molar-refractivity contribution in [3.63, 3.8) is 0 Å². The highest BCUT2D eigenvalue weighted by Gasteiger charge is 2.22. The number of aromatic nitrogens is 4. The number of sulfone groups is 1. The second-order valence-electron chi connectivity index (χ2n) is 6.96. The van der Waals surface area contributed by atoms with Crippen molar-refractivity contribution >= 4 is 9.84 Å². The van der Waals surface area contributed by atoms with E-state index in [2.05, 4.69) is 15.1 Å². The Morgan fingerprint density at radius 3 is 2.74 bits per heavy atom. The summed E-state index contributed by atoms with van der Waals surface area (Å²) in [7, 11) is -3.74. The maximum Gasteiger partial charge on any atom is 0.232 e. The summed E-state index contributed by atoms with van der Waals surface area (Å²) in [5.74, 6) is -0.576. The van der Waals surface area contributed by atoms with Gasteiger partial charge in [0.1, 0.15) is 11.6 Å². The minimum atomic E-state index is -3.74. The van der Waals surface area contributed by atoms with E-state index in [1.165, 1.54) is 41.2 Å². The number of benzene rings is 2. The van der Waals surface area contributed by atoms with E-state index in [1.807, 2.05) is 0 Å². The van der Waals surface area contributed by atoms with Crippen LogP contribution in [0.15, 0.2) is 64.5 Å². The van der Waals surface area contributed by atoms with Gasteiger partial charge in [0, 0.05) is 24.4 Å². The molecular formula is C21H18F2N4O3S. The number of hydrogen-bond donors (Lipinski definition) is 0. The Balaban J connectivity index is 1.44. The number of imidazole rings is 1. The molecule has 31 heavy (non-hydrogen) atoms. The molecule has 4 aromatic rings. The molecule has 2 aromatic carbocycles. The summed E-state index contributed by atoms with van der Waals surface area (Å²) < 4.78 is 59.3. The van der Waals surface area contributed by atoms with Crippen LogP contribution in [0.1, 0.15) is 17.9 Å². The van der Waals surface area contributed by atoms with Gasteiger partial charge in [0.15, 0.2) is 0 Å². The highest BCUT2D eigenvalue weighted by Crippen LogP contribution is 2.21. The van der Waals surface area contributed by atoms with Crippen molar-refractivity contribution in [1.82, 2.24) is 19.7 Å². The van der Waals surface area contributed by atoms with Crippen LogP contribution in [-0.2, 0) is 16.3 Å². The predicted octanol–water partition coefficient (Wildman–Crippen LogP) is 3.92. The van der Waals surface area contributed by atoms with Gasteiger partial charge < -0.3 is 4.52 Å². The fraction of sp³-hybridized carbons (Fsp3) is 0.190. The average Bonchev–Trinajstić information content (AvgIpc) is 3.40. The van der Waals surface area contributed by atoms with E-state index < -0.39 is 15.7 Å². The van der Waals surface area contributed by atoms with Gasteiger partial charge in [-0.05, 0) is 43.2 Å². The highest BCUT2D eigenvalue weighted by molar-refractivity contribution is 7.91. The first kappa shape index (κ1) is 20.9. The average molecular weight is 444 g/mol. The van der Waals surface area contributed by atoms with E-state index in [9.17, 15) is 17.2 Å². The van der Waals surface area contributed by atoms with Gasteiger partial charge in [-0.2, -0.15) is 4.98 Å². The topological polar surface area (TPSA) is 90.9 Å². The molecule has 0 aliphatic heterocycles. The van der Waals surface area contributed by atoms with Crippen molar-refractivity contribution in [3.8, 4) is 17.1 Å². The third-order valence-corrected chi connectivity index (χ3v) is 6.36. The molecule has 0 bridgehead atoms. The summed E-state index contributed by atoms with van der Waals surface area (Å²) in [6, 6.07) is 10.2. The first-order chi connectivity index (χ1) is 14.8. The summed E-state index contributed by atoms with van der Waals surface area (Å²) >= 11 is 0. The normalized spacial score (nSPS) is 11.7. The second-order valence-corrected chi connectivity index (χ2v) is 8.96. The van der Waals surface area contributed by atoms with Gasteiger partial charge >= 0.3 is 0 Å². The Morgan fingerprint density at radius 2 is 1.97 bits per heavy atom. The molecule has 160 valence electrons. The van der Waals surface area contributed by atoms with Gasteiger partial charge in [-0.1, -0.05) is 23.4 Å². The zero-order valence-corrected chi connectivity index (χ0v) is 17.3. The second kappa shape index (κ2) is 8.38. The van der Waals surface area contributed by atoms with E-state index in [0.29, 0.717) is 16.8 Å². The van der Waals surface area contributed by atoms with Crippen molar-refractivity contribution in [2.45, 2.75) is 24.9 Å². The third-order valence-electron chi connectivity index (χ3n) is 4.67. The zero-order valence-electron chi connectivity index (χ0n) is 16.5. The first-order valence-corrected chi connectivity index (χ1v) is 11.1. The molecule has 7 nitrogen and oxygen atoms in total. The third kappa shape index (κ3) is 4.53.